The van der Waals surface area contributed by atoms with E-state index in [1.807, 2.05) is 0 Å². The molecule has 0 aliphatic carbocycles. The van der Waals surface area contributed by atoms with E-state index in [2.05, 4.69) is 10.6 Å². The topological polar surface area (TPSA) is 218 Å². The maximum Gasteiger partial charge on any atom is 0.333 e. The van der Waals surface area contributed by atoms with Gasteiger partial charge in [-0.15, -0.1) is 5.06 Å². The Balaban J connectivity index is 1.52. The first kappa shape index (κ1) is 35.2. The van der Waals surface area contributed by atoms with Gasteiger partial charge >= 0.3 is 5.97 Å². The van der Waals surface area contributed by atoms with Crippen LogP contribution in [0.2, 0.25) is 0 Å². The second-order valence-corrected chi connectivity index (χ2v) is 10.5. The molecule has 6 atom stereocenters. The first-order valence-corrected chi connectivity index (χ1v) is 14.3. The van der Waals surface area contributed by atoms with Crippen molar-refractivity contribution < 1.29 is 58.4 Å². The molecule has 238 valence electrons. The highest BCUT2D eigenvalue weighted by Gasteiger charge is 2.42. The van der Waals surface area contributed by atoms with Crippen LogP contribution < -0.4 is 10.6 Å². The van der Waals surface area contributed by atoms with Crippen molar-refractivity contribution >= 4 is 35.4 Å². The Labute approximate surface area is 244 Å². The molecule has 2 rings (SSSR count). The van der Waals surface area contributed by atoms with Gasteiger partial charge in [0.15, 0.2) is 12.1 Å². The van der Waals surface area contributed by atoms with Crippen LogP contribution in [0.15, 0.2) is 0 Å². The number of nitrogens with one attached hydrogen (secondary N) is 2. The second-order valence-electron chi connectivity index (χ2n) is 10.5. The Hall–Kier alpha value is -2.98. The largest absolute Gasteiger partial charge is 0.388 e. The zero-order valence-electron chi connectivity index (χ0n) is 24.1. The summed E-state index contributed by atoms with van der Waals surface area (Å²) in [6.45, 7) is 3.07. The third kappa shape index (κ3) is 11.7. The summed E-state index contributed by atoms with van der Waals surface area (Å²) in [5.41, 5.74) is 0. The zero-order chi connectivity index (χ0) is 31.2. The number of ketones is 1. The number of imide groups is 1. The molecule has 2 saturated heterocycles. The van der Waals surface area contributed by atoms with Crippen LogP contribution in [-0.2, 0) is 43.1 Å². The molecule has 15 heteroatoms. The lowest BCUT2D eigenvalue weighted by atomic mass is 10.0. The van der Waals surface area contributed by atoms with Gasteiger partial charge in [0.1, 0.15) is 18.3 Å². The molecule has 15 nitrogen and oxygen atoms in total. The SMILES string of the molecule is CC(=O)[C@H](CCCCCC(=O)ON1C(=O)CCC1=O)NC(=O)CCCCC(=O)NCCO[C@@H]1O[C@@H](C)[C@@H](O)[C@@H](O)[C@@H]1O. The molecular formula is C27H43N3O12. The van der Waals surface area contributed by atoms with Crippen LogP contribution in [0.5, 0.6) is 0 Å². The second kappa shape index (κ2) is 17.9. The van der Waals surface area contributed by atoms with Gasteiger partial charge < -0.3 is 40.3 Å². The van der Waals surface area contributed by atoms with Crippen molar-refractivity contribution in [2.45, 2.75) is 121 Å². The van der Waals surface area contributed by atoms with Gasteiger partial charge in [0, 0.05) is 38.6 Å². The number of unbranched alkanes of at least 4 members (excludes halogenated alkanes) is 3. The van der Waals surface area contributed by atoms with Crippen LogP contribution in [-0.4, -0.2) is 106 Å². The van der Waals surface area contributed by atoms with E-state index in [1.54, 1.807) is 0 Å². The van der Waals surface area contributed by atoms with Crippen molar-refractivity contribution in [1.29, 1.82) is 0 Å². The van der Waals surface area contributed by atoms with Crippen LogP contribution in [0.25, 0.3) is 0 Å². The predicted molar refractivity (Wildman–Crippen MR) is 143 cm³/mol. The maximum absolute atomic E-state index is 12.3. The molecule has 2 aliphatic rings. The van der Waals surface area contributed by atoms with Gasteiger partial charge in [-0.2, -0.15) is 0 Å². The predicted octanol–water partition coefficient (Wildman–Crippen LogP) is -0.861. The van der Waals surface area contributed by atoms with Crippen LogP contribution >= 0.6 is 0 Å². The highest BCUT2D eigenvalue weighted by Crippen LogP contribution is 2.21. The molecule has 42 heavy (non-hydrogen) atoms. The Morgan fingerprint density at radius 1 is 0.905 bits per heavy atom. The van der Waals surface area contributed by atoms with Gasteiger partial charge in [0.25, 0.3) is 11.8 Å². The molecule has 0 bridgehead atoms. The minimum Gasteiger partial charge on any atom is -0.388 e. The number of ether oxygens (including phenoxy) is 2. The lowest BCUT2D eigenvalue weighted by molar-refractivity contribution is -0.292. The number of rotatable bonds is 18. The zero-order valence-corrected chi connectivity index (χ0v) is 24.1. The number of aliphatic hydroxyl groups is 3. The van der Waals surface area contributed by atoms with E-state index in [-0.39, 0.29) is 62.9 Å². The molecule has 5 N–H and O–H groups in total. The van der Waals surface area contributed by atoms with Crippen molar-refractivity contribution in [3.8, 4) is 0 Å². The van der Waals surface area contributed by atoms with Crippen molar-refractivity contribution in [3.05, 3.63) is 0 Å². The number of aliphatic hydroxyl groups excluding tert-OH is 3. The van der Waals surface area contributed by atoms with Gasteiger partial charge in [-0.3, -0.25) is 24.0 Å². The summed E-state index contributed by atoms with van der Waals surface area (Å²) in [6, 6.07) is -0.661. The Bertz CT molecular complexity index is 945. The molecule has 0 aromatic heterocycles. The van der Waals surface area contributed by atoms with E-state index in [0.29, 0.717) is 43.6 Å². The molecule has 0 saturated carbocycles. The molecule has 2 aliphatic heterocycles. The van der Waals surface area contributed by atoms with E-state index in [9.17, 15) is 44.1 Å². The normalized spacial score (nSPS) is 24.8. The van der Waals surface area contributed by atoms with Crippen molar-refractivity contribution in [2.75, 3.05) is 13.2 Å². The molecule has 2 heterocycles. The van der Waals surface area contributed by atoms with Crippen LogP contribution in [0, 0.1) is 0 Å². The van der Waals surface area contributed by atoms with E-state index < -0.39 is 54.5 Å². The van der Waals surface area contributed by atoms with E-state index in [1.165, 1.54) is 13.8 Å². The van der Waals surface area contributed by atoms with E-state index in [4.69, 9.17) is 14.3 Å². The van der Waals surface area contributed by atoms with Gasteiger partial charge in [0.05, 0.1) is 18.8 Å². The van der Waals surface area contributed by atoms with E-state index in [0.717, 1.165) is 0 Å². The van der Waals surface area contributed by atoms with Gasteiger partial charge in [-0.1, -0.05) is 12.8 Å². The fraction of sp³-hybridized carbons (Fsp3) is 0.778. The Morgan fingerprint density at radius 2 is 1.52 bits per heavy atom. The monoisotopic (exact) mass is 601 g/mol. The molecule has 0 unspecified atom stereocenters. The average Bonchev–Trinajstić information content (AvgIpc) is 3.25. The highest BCUT2D eigenvalue weighted by molar-refractivity contribution is 6.01. The quantitative estimate of drug-likeness (QED) is 0.0957. The first-order chi connectivity index (χ1) is 19.9. The van der Waals surface area contributed by atoms with Crippen molar-refractivity contribution in [3.63, 3.8) is 0 Å². The minimum atomic E-state index is -1.42. The molecule has 0 spiro atoms. The van der Waals surface area contributed by atoms with Gasteiger partial charge in [-0.05, 0) is 39.5 Å². The highest BCUT2D eigenvalue weighted by atomic mass is 16.7. The summed E-state index contributed by atoms with van der Waals surface area (Å²) in [6.07, 6.45) is -2.65. The number of hydrogen-bond acceptors (Lipinski definition) is 12. The molecule has 2 fully saturated rings. The van der Waals surface area contributed by atoms with Crippen molar-refractivity contribution in [2.24, 2.45) is 0 Å². The molecular weight excluding hydrogens is 558 g/mol. The molecule has 0 aromatic carbocycles. The van der Waals surface area contributed by atoms with Crippen LogP contribution in [0.1, 0.15) is 84.5 Å². The summed E-state index contributed by atoms with van der Waals surface area (Å²) in [5, 5.41) is 35.2. The lowest BCUT2D eigenvalue weighted by Gasteiger charge is -2.38. The number of hydroxylamine groups is 2. The number of carbonyl (C=O) groups is 6. The third-order valence-corrected chi connectivity index (χ3v) is 6.97. The molecule has 0 radical (unpaired) electrons. The number of carbonyl (C=O) groups excluding carboxylic acids is 6. The smallest absolute Gasteiger partial charge is 0.333 e. The standard InChI is InChI=1S/C27H43N3O12/c1-16(31)18(8-4-3-5-11-23(36)42-30-21(34)12-13-22(30)35)29-20(33)10-7-6-9-19(32)28-14-15-40-27-26(39)25(38)24(37)17(2)41-27/h17-18,24-27,37-39H,3-15H2,1-2H3,(H,28,32)(H,29,33)/t17-,18-,24+,25+,26-,27+/m0/s1. The summed E-state index contributed by atoms with van der Waals surface area (Å²) < 4.78 is 10.7. The first-order valence-electron chi connectivity index (χ1n) is 14.3. The average molecular weight is 602 g/mol. The number of nitrogens with zero attached hydrogens (tertiary/aromatic N) is 1. The summed E-state index contributed by atoms with van der Waals surface area (Å²) in [5.74, 6) is -2.50. The van der Waals surface area contributed by atoms with Gasteiger partial charge in [-0.25, -0.2) is 4.79 Å². The Morgan fingerprint density at radius 3 is 2.17 bits per heavy atom. The van der Waals surface area contributed by atoms with E-state index >= 15 is 0 Å². The molecule has 4 amide bonds. The third-order valence-electron chi connectivity index (χ3n) is 6.97. The number of amides is 4. The van der Waals surface area contributed by atoms with Crippen LogP contribution in [0.4, 0.5) is 0 Å². The Kier molecular flexibility index (Phi) is 15.0. The van der Waals surface area contributed by atoms with Gasteiger partial charge in [0.2, 0.25) is 11.8 Å². The summed E-state index contributed by atoms with van der Waals surface area (Å²) in [7, 11) is 0. The fourth-order valence-corrected chi connectivity index (χ4v) is 4.42. The lowest BCUT2D eigenvalue weighted by Crippen LogP contribution is -2.57. The minimum absolute atomic E-state index is 0.0151. The maximum atomic E-state index is 12.3. The number of Topliss-reactive ketones (excluding diaryl/α,β-unsaturated/α-hetero) is 1. The number of hydrogen-bond donors (Lipinski definition) is 5. The summed E-state index contributed by atoms with van der Waals surface area (Å²) in [4.78, 5) is 75.9. The van der Waals surface area contributed by atoms with Crippen molar-refractivity contribution in [1.82, 2.24) is 15.7 Å². The fourth-order valence-electron chi connectivity index (χ4n) is 4.42. The molecule has 0 aromatic rings. The van der Waals surface area contributed by atoms with Crippen LogP contribution in [0.3, 0.4) is 0 Å². The summed E-state index contributed by atoms with van der Waals surface area (Å²) >= 11 is 0.